The van der Waals surface area contributed by atoms with Gasteiger partial charge in [0.1, 0.15) is 11.1 Å². The predicted molar refractivity (Wildman–Crippen MR) is 115 cm³/mol. The fourth-order valence-electron chi connectivity index (χ4n) is 3.29. The third-order valence-electron chi connectivity index (χ3n) is 4.91. The summed E-state index contributed by atoms with van der Waals surface area (Å²) in [5, 5.41) is 13.7. The second kappa shape index (κ2) is 9.95. The molecule has 1 aromatic carbocycles. The molecule has 1 aliphatic rings. The number of benzene rings is 1. The summed E-state index contributed by atoms with van der Waals surface area (Å²) in [7, 11) is 0. The average Bonchev–Trinajstić information content (AvgIpc) is 2.65. The van der Waals surface area contributed by atoms with E-state index < -0.39 is 0 Å². The lowest BCUT2D eigenvalue weighted by atomic mass is 9.96. The highest BCUT2D eigenvalue weighted by Crippen LogP contribution is 2.27. The molecule has 0 spiro atoms. The van der Waals surface area contributed by atoms with E-state index in [-0.39, 0.29) is 5.91 Å². The van der Waals surface area contributed by atoms with Crippen molar-refractivity contribution in [2.24, 2.45) is 0 Å². The molecular weight excluding hydrogens is 390 g/mol. The number of nitriles is 1. The van der Waals surface area contributed by atoms with E-state index in [2.05, 4.69) is 11.4 Å². The monoisotopic (exact) mass is 413 g/mol. The summed E-state index contributed by atoms with van der Waals surface area (Å²) in [5.41, 5.74) is 4.64. The van der Waals surface area contributed by atoms with E-state index in [4.69, 9.17) is 16.6 Å². The summed E-state index contributed by atoms with van der Waals surface area (Å²) >= 11 is 7.58. The molecule has 4 nitrogen and oxygen atoms in total. The molecule has 3 rings (SSSR count). The molecule has 2 aromatic rings. The number of rotatable bonds is 5. The fourth-order valence-corrected chi connectivity index (χ4v) is 4.39. The van der Waals surface area contributed by atoms with E-state index >= 15 is 0 Å². The summed E-state index contributed by atoms with van der Waals surface area (Å²) in [5.74, 6) is 0.503. The van der Waals surface area contributed by atoms with Crippen LogP contribution < -0.4 is 5.32 Å². The second-order valence-corrected chi connectivity index (χ2v) is 8.57. The number of amides is 1. The van der Waals surface area contributed by atoms with Gasteiger partial charge in [0.2, 0.25) is 5.91 Å². The van der Waals surface area contributed by atoms with Crippen LogP contribution in [0.4, 0.5) is 5.69 Å². The van der Waals surface area contributed by atoms with Crippen molar-refractivity contribution in [3.63, 3.8) is 0 Å². The van der Waals surface area contributed by atoms with Crippen LogP contribution in [0.1, 0.15) is 54.5 Å². The first kappa shape index (κ1) is 20.7. The molecule has 1 aromatic heterocycles. The van der Waals surface area contributed by atoms with Gasteiger partial charge in [0.05, 0.1) is 5.56 Å². The Labute approximate surface area is 175 Å². The molecule has 1 aliphatic carbocycles. The van der Waals surface area contributed by atoms with E-state index in [1.165, 1.54) is 30.2 Å². The Morgan fingerprint density at radius 3 is 2.79 bits per heavy atom. The van der Waals surface area contributed by atoms with Crippen molar-refractivity contribution in [1.29, 1.82) is 5.26 Å². The summed E-state index contributed by atoms with van der Waals surface area (Å²) in [6.07, 6.45) is 7.13. The largest absolute Gasteiger partial charge is 0.326 e. The molecule has 1 heterocycles. The smallest absolute Gasteiger partial charge is 0.225 e. The van der Waals surface area contributed by atoms with E-state index in [9.17, 15) is 10.1 Å². The number of fused-ring (bicyclic) bond motifs is 1. The van der Waals surface area contributed by atoms with Crippen LogP contribution in [0.15, 0.2) is 29.3 Å². The van der Waals surface area contributed by atoms with Gasteiger partial charge in [0.25, 0.3) is 0 Å². The number of aromatic nitrogens is 1. The SMILES string of the molecule is Cc1ccc(NC(=O)CCSc2nc3c(cc2C#N)CCCCCC3)cc1Cl. The van der Waals surface area contributed by atoms with Crippen LogP contribution in [0.3, 0.4) is 0 Å². The first-order valence-electron chi connectivity index (χ1n) is 9.68. The lowest BCUT2D eigenvalue weighted by Crippen LogP contribution is -2.12. The zero-order valence-electron chi connectivity index (χ0n) is 16.1. The normalized spacial score (nSPS) is 13.8. The molecule has 1 amide bonds. The topological polar surface area (TPSA) is 65.8 Å². The Bertz CT molecular complexity index is 907. The van der Waals surface area contributed by atoms with Gasteiger partial charge in [-0.15, -0.1) is 11.8 Å². The maximum absolute atomic E-state index is 12.2. The summed E-state index contributed by atoms with van der Waals surface area (Å²) in [4.78, 5) is 17.0. The molecule has 1 N–H and O–H groups in total. The molecule has 6 heteroatoms. The van der Waals surface area contributed by atoms with Gasteiger partial charge in [-0.2, -0.15) is 5.26 Å². The van der Waals surface area contributed by atoms with Gasteiger partial charge in [-0.1, -0.05) is 30.5 Å². The quantitative estimate of drug-likeness (QED) is 0.639. The number of anilines is 1. The van der Waals surface area contributed by atoms with Gasteiger partial charge < -0.3 is 5.32 Å². The minimum absolute atomic E-state index is 0.0721. The molecule has 0 fully saturated rings. The van der Waals surface area contributed by atoms with Gasteiger partial charge in [-0.25, -0.2) is 4.98 Å². The van der Waals surface area contributed by atoms with Gasteiger partial charge in [0, 0.05) is 28.6 Å². The Hall–Kier alpha value is -2.03. The van der Waals surface area contributed by atoms with Crippen molar-refractivity contribution in [1.82, 2.24) is 4.98 Å². The van der Waals surface area contributed by atoms with Crippen LogP contribution >= 0.6 is 23.4 Å². The van der Waals surface area contributed by atoms with Crippen molar-refractivity contribution < 1.29 is 4.79 Å². The Morgan fingerprint density at radius 1 is 1.25 bits per heavy atom. The minimum Gasteiger partial charge on any atom is -0.326 e. The van der Waals surface area contributed by atoms with Gasteiger partial charge in [-0.05, 0) is 61.9 Å². The number of carbonyl (C=O) groups excluding carboxylic acids is 1. The maximum atomic E-state index is 12.2. The summed E-state index contributed by atoms with van der Waals surface area (Å²) in [6.45, 7) is 1.92. The van der Waals surface area contributed by atoms with Crippen molar-refractivity contribution in [3.05, 3.63) is 51.7 Å². The van der Waals surface area contributed by atoms with E-state index in [0.717, 1.165) is 42.0 Å². The van der Waals surface area contributed by atoms with Crippen molar-refractivity contribution in [3.8, 4) is 6.07 Å². The number of carbonyl (C=O) groups is 1. The molecule has 0 unspecified atom stereocenters. The van der Waals surface area contributed by atoms with E-state index in [1.807, 2.05) is 25.1 Å². The Kier molecular flexibility index (Phi) is 7.36. The first-order chi connectivity index (χ1) is 13.6. The van der Waals surface area contributed by atoms with Crippen LogP contribution in [-0.4, -0.2) is 16.6 Å². The third kappa shape index (κ3) is 5.50. The second-order valence-electron chi connectivity index (χ2n) is 7.08. The number of hydrogen-bond donors (Lipinski definition) is 1. The zero-order chi connectivity index (χ0) is 19.9. The highest BCUT2D eigenvalue weighted by Gasteiger charge is 2.14. The predicted octanol–water partition coefficient (Wildman–Crippen LogP) is 5.70. The number of hydrogen-bond acceptors (Lipinski definition) is 4. The number of pyridine rings is 1. The molecular formula is C22H24ClN3OS. The standard InChI is InChI=1S/C22H24ClN3OS/c1-15-8-9-18(13-19(15)23)25-21(27)10-11-28-22-17(14-24)12-16-6-4-2-3-5-7-20(16)26-22/h8-9,12-13H,2-7,10-11H2,1H3,(H,25,27). The number of nitrogens with zero attached hydrogens (tertiary/aromatic N) is 2. The lowest BCUT2D eigenvalue weighted by Gasteiger charge is -2.15. The van der Waals surface area contributed by atoms with Gasteiger partial charge in [0.15, 0.2) is 0 Å². The van der Waals surface area contributed by atoms with Crippen LogP contribution in [0.25, 0.3) is 0 Å². The molecule has 28 heavy (non-hydrogen) atoms. The molecule has 0 saturated carbocycles. The summed E-state index contributed by atoms with van der Waals surface area (Å²) < 4.78 is 0. The minimum atomic E-state index is -0.0721. The molecule has 0 radical (unpaired) electrons. The first-order valence-corrected chi connectivity index (χ1v) is 11.0. The van der Waals surface area contributed by atoms with Crippen molar-refractivity contribution in [2.75, 3.05) is 11.1 Å². The highest BCUT2D eigenvalue weighted by atomic mass is 35.5. The Morgan fingerprint density at radius 2 is 2.04 bits per heavy atom. The van der Waals surface area contributed by atoms with Gasteiger partial charge >= 0.3 is 0 Å². The maximum Gasteiger partial charge on any atom is 0.225 e. The summed E-state index contributed by atoms with van der Waals surface area (Å²) in [6, 6.07) is 9.76. The molecule has 0 atom stereocenters. The molecule has 0 saturated heterocycles. The van der Waals surface area contributed by atoms with E-state index in [0.29, 0.717) is 28.4 Å². The highest BCUT2D eigenvalue weighted by molar-refractivity contribution is 7.99. The number of thioether (sulfide) groups is 1. The van der Waals surface area contributed by atoms with Crippen LogP contribution in [0.2, 0.25) is 5.02 Å². The lowest BCUT2D eigenvalue weighted by molar-refractivity contribution is -0.115. The number of aryl methyl sites for hydroxylation is 3. The number of halogens is 1. The van der Waals surface area contributed by atoms with E-state index in [1.54, 1.807) is 6.07 Å². The van der Waals surface area contributed by atoms with Gasteiger partial charge in [-0.3, -0.25) is 4.79 Å². The molecule has 146 valence electrons. The third-order valence-corrected chi connectivity index (χ3v) is 6.31. The molecule has 0 aliphatic heterocycles. The number of nitrogens with one attached hydrogen (secondary N) is 1. The fraction of sp³-hybridized carbons (Fsp3) is 0.409. The zero-order valence-corrected chi connectivity index (χ0v) is 17.6. The molecule has 0 bridgehead atoms. The van der Waals surface area contributed by atoms with Crippen molar-refractivity contribution in [2.45, 2.75) is 56.9 Å². The average molecular weight is 414 g/mol. The van der Waals surface area contributed by atoms with Crippen LogP contribution in [0.5, 0.6) is 0 Å². The van der Waals surface area contributed by atoms with Crippen molar-refractivity contribution >= 4 is 35.0 Å². The Balaban J connectivity index is 1.60. The van der Waals surface area contributed by atoms with Crippen LogP contribution in [0, 0.1) is 18.3 Å². The van der Waals surface area contributed by atoms with Crippen LogP contribution in [-0.2, 0) is 17.6 Å².